The predicted octanol–water partition coefficient (Wildman–Crippen LogP) is 1.46. The Morgan fingerprint density at radius 3 is 2.89 bits per heavy atom. The largest absolute Gasteiger partial charge is 0.391 e. The van der Waals surface area contributed by atoms with E-state index < -0.39 is 6.10 Å². The van der Waals surface area contributed by atoms with E-state index in [1.54, 1.807) is 18.6 Å². The number of ketones is 1. The van der Waals surface area contributed by atoms with Crippen LogP contribution in [0.3, 0.4) is 0 Å². The van der Waals surface area contributed by atoms with Crippen LogP contribution in [0.4, 0.5) is 0 Å². The fraction of sp³-hybridized carbons (Fsp3) is 0.350. The van der Waals surface area contributed by atoms with E-state index in [9.17, 15) is 14.7 Å². The molecular formula is C20H22N4O3. The van der Waals surface area contributed by atoms with Crippen molar-refractivity contribution < 1.29 is 9.90 Å². The second kappa shape index (κ2) is 7.46. The number of aromatic nitrogens is 3. The lowest BCUT2D eigenvalue weighted by atomic mass is 9.97. The van der Waals surface area contributed by atoms with Crippen LogP contribution in [0.2, 0.25) is 0 Å². The summed E-state index contributed by atoms with van der Waals surface area (Å²) in [5, 5.41) is 13.3. The summed E-state index contributed by atoms with van der Waals surface area (Å²) in [4.78, 5) is 30.8. The molecule has 0 amide bonds. The monoisotopic (exact) mass is 366 g/mol. The third kappa shape index (κ3) is 3.84. The molecule has 7 heteroatoms. The molecule has 0 bridgehead atoms. The fourth-order valence-corrected chi connectivity index (χ4v) is 3.60. The molecule has 1 aromatic carbocycles. The van der Waals surface area contributed by atoms with Gasteiger partial charge in [-0.05, 0) is 48.7 Å². The molecule has 2 aromatic heterocycles. The smallest absolute Gasteiger partial charge is 0.247 e. The Bertz CT molecular complexity index is 1000. The van der Waals surface area contributed by atoms with Gasteiger partial charge >= 0.3 is 0 Å². The number of aliphatic hydroxyl groups is 1. The first-order chi connectivity index (χ1) is 13.1. The quantitative estimate of drug-likeness (QED) is 0.635. The average Bonchev–Trinajstić information content (AvgIpc) is 3.06. The summed E-state index contributed by atoms with van der Waals surface area (Å²) in [6.07, 6.45) is 4.86. The van der Waals surface area contributed by atoms with E-state index in [0.29, 0.717) is 6.42 Å². The van der Waals surface area contributed by atoms with E-state index in [1.807, 2.05) is 22.8 Å². The minimum absolute atomic E-state index is 0.0576. The number of H-pyrrole nitrogens is 1. The fourth-order valence-electron chi connectivity index (χ4n) is 3.60. The third-order valence-electron chi connectivity index (χ3n) is 5.08. The van der Waals surface area contributed by atoms with Gasteiger partial charge < -0.3 is 20.0 Å². The lowest BCUT2D eigenvalue weighted by Crippen LogP contribution is -2.46. The van der Waals surface area contributed by atoms with Gasteiger partial charge in [-0.15, -0.1) is 0 Å². The molecule has 0 aliphatic carbocycles. The second-order valence-corrected chi connectivity index (χ2v) is 7.03. The maximum absolute atomic E-state index is 12.5. The van der Waals surface area contributed by atoms with Crippen LogP contribution in [0, 0.1) is 0 Å². The molecule has 2 atom stereocenters. The number of hydrogen-bond donors (Lipinski definition) is 3. The van der Waals surface area contributed by atoms with Crippen molar-refractivity contribution in [3.05, 3.63) is 53.2 Å². The van der Waals surface area contributed by atoms with Gasteiger partial charge in [-0.3, -0.25) is 9.59 Å². The number of fused-ring (bicyclic) bond motifs is 1. The summed E-state index contributed by atoms with van der Waals surface area (Å²) in [7, 11) is 0. The number of Topliss-reactive ketones (excluding diaryl/α,β-unsaturated/α-hetero) is 1. The molecule has 0 radical (unpaired) electrons. The summed E-state index contributed by atoms with van der Waals surface area (Å²) in [5.74, 6) is 0.0576. The Kier molecular flexibility index (Phi) is 4.87. The number of rotatable bonds is 5. The van der Waals surface area contributed by atoms with Gasteiger partial charge in [0.25, 0.3) is 0 Å². The zero-order valence-electron chi connectivity index (χ0n) is 14.9. The number of aromatic amines is 1. The zero-order chi connectivity index (χ0) is 18.8. The molecule has 1 fully saturated rings. The number of pyridine rings is 1. The Morgan fingerprint density at radius 1 is 1.26 bits per heavy atom. The maximum atomic E-state index is 12.5. The zero-order valence-corrected chi connectivity index (χ0v) is 14.9. The van der Waals surface area contributed by atoms with E-state index in [-0.39, 0.29) is 23.9 Å². The standard InChI is InChI=1S/C20H22N4O3/c25-15(9-17-19(26)2-1-7-21-17)11-24-12-23-16-5-3-13(8-18(16)24)14-4-6-20(27)22-10-14/h3-6,8,10,12,17,19,21,26H,1-2,7,9,11H2,(H,22,27)/t17-,19+/m1/s1. The minimum Gasteiger partial charge on any atom is -0.391 e. The van der Waals surface area contributed by atoms with Crippen molar-refractivity contribution in [1.29, 1.82) is 0 Å². The van der Waals surface area contributed by atoms with E-state index in [1.165, 1.54) is 6.07 Å². The number of nitrogens with one attached hydrogen (secondary N) is 2. The molecule has 3 aromatic rings. The van der Waals surface area contributed by atoms with Gasteiger partial charge in [0.05, 0.1) is 30.0 Å². The molecule has 4 rings (SSSR count). The number of imidazole rings is 1. The number of piperidine rings is 1. The molecular weight excluding hydrogens is 344 g/mol. The number of hydrogen-bond acceptors (Lipinski definition) is 5. The van der Waals surface area contributed by atoms with Gasteiger partial charge in [0.2, 0.25) is 5.56 Å². The first kappa shape index (κ1) is 17.6. The first-order valence-electron chi connectivity index (χ1n) is 9.17. The molecule has 3 heterocycles. The first-order valence-corrected chi connectivity index (χ1v) is 9.17. The summed E-state index contributed by atoms with van der Waals surface area (Å²) >= 11 is 0. The highest BCUT2D eigenvalue weighted by atomic mass is 16.3. The molecule has 7 nitrogen and oxygen atoms in total. The maximum Gasteiger partial charge on any atom is 0.247 e. The van der Waals surface area contributed by atoms with E-state index >= 15 is 0 Å². The Balaban J connectivity index is 1.55. The van der Waals surface area contributed by atoms with E-state index in [2.05, 4.69) is 15.3 Å². The van der Waals surface area contributed by atoms with Crippen LogP contribution in [0.1, 0.15) is 19.3 Å². The molecule has 0 spiro atoms. The van der Waals surface area contributed by atoms with Crippen LogP contribution in [0.5, 0.6) is 0 Å². The SMILES string of the molecule is O=C(C[C@H]1NCCC[C@@H]1O)Cn1cnc2ccc(-c3ccc(=O)[nH]c3)cc21. The average molecular weight is 366 g/mol. The number of benzene rings is 1. The summed E-state index contributed by atoms with van der Waals surface area (Å²) in [6, 6.07) is 8.90. The minimum atomic E-state index is -0.464. The van der Waals surface area contributed by atoms with Crippen molar-refractivity contribution in [3.8, 4) is 11.1 Å². The van der Waals surface area contributed by atoms with Crippen molar-refractivity contribution in [3.63, 3.8) is 0 Å². The molecule has 27 heavy (non-hydrogen) atoms. The molecule has 140 valence electrons. The van der Waals surface area contributed by atoms with Crippen molar-refractivity contribution >= 4 is 16.8 Å². The third-order valence-corrected chi connectivity index (χ3v) is 5.08. The number of carbonyl (C=O) groups excluding carboxylic acids is 1. The normalized spacial score (nSPS) is 20.0. The molecule has 0 unspecified atom stereocenters. The molecule has 1 saturated heterocycles. The van der Waals surface area contributed by atoms with Gasteiger partial charge in [-0.25, -0.2) is 4.98 Å². The number of nitrogens with zero attached hydrogens (tertiary/aromatic N) is 2. The molecule has 1 aliphatic rings. The second-order valence-electron chi connectivity index (χ2n) is 7.03. The molecule has 3 N–H and O–H groups in total. The topological polar surface area (TPSA) is 100 Å². The van der Waals surface area contributed by atoms with Crippen molar-refractivity contribution in [1.82, 2.24) is 19.9 Å². The van der Waals surface area contributed by atoms with Crippen molar-refractivity contribution in [2.24, 2.45) is 0 Å². The molecule has 1 aliphatic heterocycles. The lowest BCUT2D eigenvalue weighted by molar-refractivity contribution is -0.121. The van der Waals surface area contributed by atoms with Crippen molar-refractivity contribution in [2.45, 2.75) is 38.0 Å². The van der Waals surface area contributed by atoms with Gasteiger partial charge in [0, 0.05) is 24.7 Å². The summed E-state index contributed by atoms with van der Waals surface area (Å²) in [5.41, 5.74) is 3.37. The van der Waals surface area contributed by atoms with Gasteiger partial charge in [-0.2, -0.15) is 0 Å². The number of carbonyl (C=O) groups is 1. The van der Waals surface area contributed by atoms with Crippen molar-refractivity contribution in [2.75, 3.05) is 6.54 Å². The van der Waals surface area contributed by atoms with Gasteiger partial charge in [0.15, 0.2) is 5.78 Å². The number of aliphatic hydroxyl groups excluding tert-OH is 1. The van der Waals surface area contributed by atoms with Gasteiger partial charge in [0.1, 0.15) is 0 Å². The predicted molar refractivity (Wildman–Crippen MR) is 102 cm³/mol. The summed E-state index contributed by atoms with van der Waals surface area (Å²) < 4.78 is 1.84. The van der Waals surface area contributed by atoms with Crippen LogP contribution >= 0.6 is 0 Å². The van der Waals surface area contributed by atoms with Crippen LogP contribution in [0.25, 0.3) is 22.2 Å². The van der Waals surface area contributed by atoms with Gasteiger partial charge in [-0.1, -0.05) is 6.07 Å². The highest BCUT2D eigenvalue weighted by Crippen LogP contribution is 2.23. The highest BCUT2D eigenvalue weighted by Gasteiger charge is 2.25. The molecule has 0 saturated carbocycles. The Morgan fingerprint density at radius 2 is 2.11 bits per heavy atom. The van der Waals surface area contributed by atoms with Crippen LogP contribution in [0.15, 0.2) is 47.7 Å². The highest BCUT2D eigenvalue weighted by molar-refractivity contribution is 5.85. The van der Waals surface area contributed by atoms with Crippen LogP contribution < -0.4 is 10.9 Å². The lowest BCUT2D eigenvalue weighted by Gasteiger charge is -2.28. The summed E-state index contributed by atoms with van der Waals surface area (Å²) in [6.45, 7) is 1.06. The van der Waals surface area contributed by atoms with Crippen LogP contribution in [-0.2, 0) is 11.3 Å². The Labute approximate surface area is 156 Å². The van der Waals surface area contributed by atoms with E-state index in [0.717, 1.165) is 41.5 Å². The van der Waals surface area contributed by atoms with E-state index in [4.69, 9.17) is 0 Å². The van der Waals surface area contributed by atoms with Crippen LogP contribution in [-0.4, -0.2) is 44.1 Å². The Hall–Kier alpha value is -2.77.